The average Bonchev–Trinajstić information content (AvgIpc) is 2.66. The Morgan fingerprint density at radius 3 is 2.08 bits per heavy atom. The zero-order valence-electron chi connectivity index (χ0n) is 14.7. The minimum Gasteiger partial charge on any atom is -0.494 e. The molecule has 0 aromatic heterocycles. The molecular weight excluding hydrogens is 308 g/mol. The summed E-state index contributed by atoms with van der Waals surface area (Å²) in [6.45, 7) is 5.51. The smallest absolute Gasteiger partial charge is 0.119 e. The van der Waals surface area contributed by atoms with Crippen molar-refractivity contribution in [3.63, 3.8) is 0 Å². The van der Waals surface area contributed by atoms with Crippen LogP contribution in [0.4, 0.5) is 0 Å². The van der Waals surface area contributed by atoms with Gasteiger partial charge < -0.3 is 9.47 Å². The Hall–Kier alpha value is -2.92. The number of ether oxygens (including phenoxy) is 2. The quantitative estimate of drug-likeness (QED) is 0.581. The molecular formula is C23H22O2. The van der Waals surface area contributed by atoms with Gasteiger partial charge in [-0.3, -0.25) is 0 Å². The number of hydrogen-bond acceptors (Lipinski definition) is 2. The zero-order chi connectivity index (χ0) is 17.5. The maximum absolute atomic E-state index is 5.69. The van der Waals surface area contributed by atoms with Gasteiger partial charge in [-0.1, -0.05) is 30.9 Å². The van der Waals surface area contributed by atoms with E-state index in [9.17, 15) is 0 Å². The molecule has 3 aromatic carbocycles. The second kappa shape index (κ2) is 8.26. The molecule has 0 amide bonds. The van der Waals surface area contributed by atoms with Crippen molar-refractivity contribution in [2.75, 3.05) is 13.2 Å². The minimum absolute atomic E-state index is 0.674. The van der Waals surface area contributed by atoms with Gasteiger partial charge in [-0.25, -0.2) is 0 Å². The van der Waals surface area contributed by atoms with Crippen LogP contribution in [-0.4, -0.2) is 13.2 Å². The SMILES string of the molecule is CCCOc1ccc2cc(C#Cc3ccc(OCC)cc3)ccc2c1. The fraction of sp³-hybridized carbons (Fsp3) is 0.217. The van der Waals surface area contributed by atoms with Crippen molar-refractivity contribution in [3.05, 3.63) is 71.8 Å². The minimum atomic E-state index is 0.674. The van der Waals surface area contributed by atoms with Crippen LogP contribution in [0, 0.1) is 11.8 Å². The molecule has 0 saturated heterocycles. The van der Waals surface area contributed by atoms with Gasteiger partial charge in [0.1, 0.15) is 11.5 Å². The van der Waals surface area contributed by atoms with Gasteiger partial charge in [-0.05, 0) is 72.6 Å². The maximum Gasteiger partial charge on any atom is 0.119 e. The largest absolute Gasteiger partial charge is 0.494 e. The topological polar surface area (TPSA) is 18.5 Å². The third-order valence-electron chi connectivity index (χ3n) is 3.80. The van der Waals surface area contributed by atoms with Crippen LogP contribution in [0.15, 0.2) is 60.7 Å². The van der Waals surface area contributed by atoms with E-state index in [2.05, 4.69) is 43.0 Å². The summed E-state index contributed by atoms with van der Waals surface area (Å²) < 4.78 is 11.1. The molecule has 0 aliphatic rings. The Bertz CT molecular complexity index is 899. The monoisotopic (exact) mass is 330 g/mol. The molecule has 3 rings (SSSR count). The van der Waals surface area contributed by atoms with Crippen LogP contribution in [0.1, 0.15) is 31.4 Å². The van der Waals surface area contributed by atoms with Crippen LogP contribution in [-0.2, 0) is 0 Å². The summed E-state index contributed by atoms with van der Waals surface area (Å²) in [5.41, 5.74) is 1.98. The summed E-state index contributed by atoms with van der Waals surface area (Å²) in [6, 6.07) is 20.3. The molecule has 0 bridgehead atoms. The van der Waals surface area contributed by atoms with Crippen LogP contribution in [0.25, 0.3) is 10.8 Å². The molecule has 3 aromatic rings. The molecule has 0 aliphatic heterocycles. The molecule has 0 heterocycles. The van der Waals surface area contributed by atoms with Crippen molar-refractivity contribution in [1.82, 2.24) is 0 Å². The summed E-state index contributed by atoms with van der Waals surface area (Å²) in [4.78, 5) is 0. The van der Waals surface area contributed by atoms with E-state index in [1.54, 1.807) is 0 Å². The molecule has 0 atom stereocenters. The van der Waals surface area contributed by atoms with Gasteiger partial charge >= 0.3 is 0 Å². The number of hydrogen-bond donors (Lipinski definition) is 0. The Labute approximate surface area is 149 Å². The van der Waals surface area contributed by atoms with Crippen molar-refractivity contribution in [2.45, 2.75) is 20.3 Å². The highest BCUT2D eigenvalue weighted by Crippen LogP contribution is 2.22. The van der Waals surface area contributed by atoms with Crippen LogP contribution < -0.4 is 9.47 Å². The first-order chi connectivity index (χ1) is 12.3. The van der Waals surface area contributed by atoms with Gasteiger partial charge in [-0.2, -0.15) is 0 Å². The highest BCUT2D eigenvalue weighted by molar-refractivity contribution is 5.85. The number of fused-ring (bicyclic) bond motifs is 1. The molecule has 0 radical (unpaired) electrons. The molecule has 2 heteroatoms. The fourth-order valence-corrected chi connectivity index (χ4v) is 2.56. The Morgan fingerprint density at radius 1 is 0.680 bits per heavy atom. The van der Waals surface area contributed by atoms with Crippen molar-refractivity contribution in [2.24, 2.45) is 0 Å². The lowest BCUT2D eigenvalue weighted by molar-refractivity contribution is 0.318. The predicted octanol–water partition coefficient (Wildman–Crippen LogP) is 5.43. The van der Waals surface area contributed by atoms with Gasteiger partial charge in [0.2, 0.25) is 0 Å². The summed E-state index contributed by atoms with van der Waals surface area (Å²) in [7, 11) is 0. The molecule has 0 fully saturated rings. The summed E-state index contributed by atoms with van der Waals surface area (Å²) >= 11 is 0. The van der Waals surface area contributed by atoms with Crippen LogP contribution >= 0.6 is 0 Å². The third-order valence-corrected chi connectivity index (χ3v) is 3.80. The predicted molar refractivity (Wildman–Crippen MR) is 103 cm³/mol. The molecule has 25 heavy (non-hydrogen) atoms. The Balaban J connectivity index is 1.78. The lowest BCUT2D eigenvalue weighted by Crippen LogP contribution is -1.94. The summed E-state index contributed by atoms with van der Waals surface area (Å²) in [5.74, 6) is 8.23. The Morgan fingerprint density at radius 2 is 1.32 bits per heavy atom. The standard InChI is InChI=1S/C23H22O2/c1-3-15-25-23-14-11-20-16-19(7-10-21(20)17-23)6-5-18-8-12-22(13-9-18)24-4-2/h7-14,16-17H,3-4,15H2,1-2H3. The molecule has 0 aliphatic carbocycles. The van der Waals surface area contributed by atoms with E-state index in [1.165, 1.54) is 10.8 Å². The van der Waals surface area contributed by atoms with E-state index in [0.717, 1.165) is 35.7 Å². The third kappa shape index (κ3) is 4.55. The highest BCUT2D eigenvalue weighted by atomic mass is 16.5. The average molecular weight is 330 g/mol. The second-order valence-corrected chi connectivity index (χ2v) is 5.78. The lowest BCUT2D eigenvalue weighted by Gasteiger charge is -2.06. The van der Waals surface area contributed by atoms with Gasteiger partial charge in [-0.15, -0.1) is 0 Å². The van der Waals surface area contributed by atoms with Gasteiger partial charge in [0.15, 0.2) is 0 Å². The van der Waals surface area contributed by atoms with Gasteiger partial charge in [0.25, 0.3) is 0 Å². The van der Waals surface area contributed by atoms with Crippen molar-refractivity contribution in [1.29, 1.82) is 0 Å². The first-order valence-electron chi connectivity index (χ1n) is 8.70. The maximum atomic E-state index is 5.69. The molecule has 2 nitrogen and oxygen atoms in total. The van der Waals surface area contributed by atoms with Crippen LogP contribution in [0.5, 0.6) is 11.5 Å². The normalized spacial score (nSPS) is 10.2. The number of benzene rings is 3. The summed E-state index contributed by atoms with van der Waals surface area (Å²) in [5, 5.41) is 2.34. The molecule has 126 valence electrons. The lowest BCUT2D eigenvalue weighted by atomic mass is 10.1. The first kappa shape index (κ1) is 16.9. The van der Waals surface area contributed by atoms with E-state index < -0.39 is 0 Å². The van der Waals surface area contributed by atoms with Crippen LogP contribution in [0.2, 0.25) is 0 Å². The van der Waals surface area contributed by atoms with Crippen molar-refractivity contribution >= 4 is 10.8 Å². The van der Waals surface area contributed by atoms with Crippen molar-refractivity contribution < 1.29 is 9.47 Å². The van der Waals surface area contributed by atoms with Gasteiger partial charge in [0, 0.05) is 11.1 Å². The van der Waals surface area contributed by atoms with E-state index in [4.69, 9.17) is 9.47 Å². The van der Waals surface area contributed by atoms with Crippen LogP contribution in [0.3, 0.4) is 0 Å². The number of rotatable bonds is 5. The Kier molecular flexibility index (Phi) is 5.59. The molecule has 0 spiro atoms. The van der Waals surface area contributed by atoms with Gasteiger partial charge in [0.05, 0.1) is 13.2 Å². The van der Waals surface area contributed by atoms with Crippen molar-refractivity contribution in [3.8, 4) is 23.3 Å². The molecule has 0 saturated carbocycles. The second-order valence-electron chi connectivity index (χ2n) is 5.78. The van der Waals surface area contributed by atoms with E-state index in [0.29, 0.717) is 6.61 Å². The highest BCUT2D eigenvalue weighted by Gasteiger charge is 1.99. The first-order valence-corrected chi connectivity index (χ1v) is 8.70. The molecule has 0 unspecified atom stereocenters. The van der Waals surface area contributed by atoms with E-state index in [-0.39, 0.29) is 0 Å². The van der Waals surface area contributed by atoms with E-state index in [1.807, 2.05) is 43.3 Å². The molecule has 0 N–H and O–H groups in total. The zero-order valence-corrected chi connectivity index (χ0v) is 14.7. The van der Waals surface area contributed by atoms with E-state index >= 15 is 0 Å². The summed E-state index contributed by atoms with van der Waals surface area (Å²) in [6.07, 6.45) is 1.01. The fourth-order valence-electron chi connectivity index (χ4n) is 2.56.